The summed E-state index contributed by atoms with van der Waals surface area (Å²) >= 11 is 1.37. The molecule has 5 heteroatoms. The molecule has 126 valence electrons. The lowest BCUT2D eigenvalue weighted by Crippen LogP contribution is -2.28. The van der Waals surface area contributed by atoms with E-state index in [9.17, 15) is 4.79 Å². The summed E-state index contributed by atoms with van der Waals surface area (Å²) in [4.78, 5) is 24.1. The first-order valence-electron chi connectivity index (χ1n) is 8.14. The van der Waals surface area contributed by atoms with Gasteiger partial charge in [-0.05, 0) is 53.7 Å². The Morgan fingerprint density at radius 2 is 1.65 bits per heavy atom. The molecule has 1 fully saturated rings. The number of hydrogen-bond donors (Lipinski definition) is 0. The van der Waals surface area contributed by atoms with Crippen LogP contribution in [0.3, 0.4) is 0 Å². The Labute approximate surface area is 155 Å². The van der Waals surface area contributed by atoms with Crippen molar-refractivity contribution >= 4 is 40.3 Å². The molecule has 1 aliphatic rings. The Balaban J connectivity index is 1.77. The van der Waals surface area contributed by atoms with Gasteiger partial charge in [0.15, 0.2) is 5.17 Å². The van der Waals surface area contributed by atoms with Gasteiger partial charge in [0.2, 0.25) is 0 Å². The van der Waals surface area contributed by atoms with E-state index >= 15 is 0 Å². The van der Waals surface area contributed by atoms with Crippen molar-refractivity contribution in [1.29, 1.82) is 0 Å². The third-order valence-corrected chi connectivity index (χ3v) is 4.75. The molecule has 1 aliphatic heterocycles. The molecule has 0 atom stereocenters. The number of carbonyl (C=O) groups is 1. The van der Waals surface area contributed by atoms with Gasteiger partial charge in [0.1, 0.15) is 0 Å². The first-order chi connectivity index (χ1) is 12.8. The van der Waals surface area contributed by atoms with Gasteiger partial charge in [0, 0.05) is 12.4 Å². The quantitative estimate of drug-likeness (QED) is 0.627. The number of nitrogens with zero attached hydrogens (tertiary/aromatic N) is 3. The van der Waals surface area contributed by atoms with Crippen molar-refractivity contribution in [3.05, 3.63) is 95.7 Å². The summed E-state index contributed by atoms with van der Waals surface area (Å²) < 4.78 is 0. The monoisotopic (exact) mass is 357 g/mol. The lowest BCUT2D eigenvalue weighted by molar-refractivity contribution is -0.113. The number of benzene rings is 2. The normalized spacial score (nSPS) is 17.2. The predicted octanol–water partition coefficient (Wildman–Crippen LogP) is 4.89. The van der Waals surface area contributed by atoms with E-state index in [-0.39, 0.29) is 5.91 Å². The maximum absolute atomic E-state index is 13.0. The standard InChI is InChI=1S/C21H15N3OS/c25-20-19(14-16-8-7-13-22-15-16)26-21(23-17-9-3-1-4-10-17)24(20)18-11-5-2-6-12-18/h1-15H. The minimum Gasteiger partial charge on any atom is -0.268 e. The Hall–Kier alpha value is -3.18. The first-order valence-corrected chi connectivity index (χ1v) is 8.96. The molecular weight excluding hydrogens is 342 g/mol. The number of aromatic nitrogens is 1. The minimum absolute atomic E-state index is 0.0836. The number of aliphatic imine (C=N–C) groups is 1. The summed E-state index contributed by atoms with van der Waals surface area (Å²) in [5.74, 6) is -0.0836. The third-order valence-electron chi connectivity index (χ3n) is 3.78. The molecule has 1 saturated heterocycles. The summed E-state index contributed by atoms with van der Waals surface area (Å²) in [6, 6.07) is 23.0. The molecule has 2 heterocycles. The van der Waals surface area contributed by atoms with E-state index in [4.69, 9.17) is 0 Å². The van der Waals surface area contributed by atoms with Gasteiger partial charge in [-0.1, -0.05) is 42.5 Å². The fourth-order valence-corrected chi connectivity index (χ4v) is 3.58. The highest BCUT2D eigenvalue weighted by molar-refractivity contribution is 8.19. The number of rotatable bonds is 3. The lowest BCUT2D eigenvalue weighted by atomic mass is 10.2. The summed E-state index contributed by atoms with van der Waals surface area (Å²) in [6.45, 7) is 0. The minimum atomic E-state index is -0.0836. The largest absolute Gasteiger partial charge is 0.271 e. The second-order valence-electron chi connectivity index (χ2n) is 5.60. The van der Waals surface area contributed by atoms with Gasteiger partial charge in [0.25, 0.3) is 5.91 Å². The molecule has 1 amide bonds. The number of thioether (sulfide) groups is 1. The van der Waals surface area contributed by atoms with Crippen molar-refractivity contribution in [1.82, 2.24) is 4.98 Å². The van der Waals surface area contributed by atoms with Crippen LogP contribution in [0.25, 0.3) is 6.08 Å². The van der Waals surface area contributed by atoms with Crippen LogP contribution in [0.2, 0.25) is 0 Å². The lowest BCUT2D eigenvalue weighted by Gasteiger charge is -2.15. The van der Waals surface area contributed by atoms with Gasteiger partial charge in [-0.25, -0.2) is 4.99 Å². The molecule has 1 aromatic heterocycles. The van der Waals surface area contributed by atoms with Crippen LogP contribution in [0, 0.1) is 0 Å². The fraction of sp³-hybridized carbons (Fsp3) is 0. The molecule has 0 aliphatic carbocycles. The summed E-state index contributed by atoms with van der Waals surface area (Å²) in [6.07, 6.45) is 5.30. The molecule has 4 nitrogen and oxygen atoms in total. The van der Waals surface area contributed by atoms with E-state index in [0.29, 0.717) is 10.1 Å². The molecule has 2 aromatic carbocycles. The van der Waals surface area contributed by atoms with Crippen molar-refractivity contribution in [2.24, 2.45) is 4.99 Å². The van der Waals surface area contributed by atoms with Crippen molar-refractivity contribution in [2.75, 3.05) is 4.90 Å². The van der Waals surface area contributed by atoms with Crippen LogP contribution >= 0.6 is 11.8 Å². The second-order valence-corrected chi connectivity index (χ2v) is 6.61. The number of pyridine rings is 1. The van der Waals surface area contributed by atoms with Crippen LogP contribution in [0.4, 0.5) is 11.4 Å². The molecule has 4 rings (SSSR count). The van der Waals surface area contributed by atoms with Gasteiger partial charge in [-0.3, -0.25) is 14.7 Å². The topological polar surface area (TPSA) is 45.6 Å². The molecular formula is C21H15N3OS. The number of amidine groups is 1. The highest BCUT2D eigenvalue weighted by Gasteiger charge is 2.34. The number of para-hydroxylation sites is 2. The average Bonchev–Trinajstić information content (AvgIpc) is 2.99. The molecule has 3 aromatic rings. The Morgan fingerprint density at radius 3 is 2.35 bits per heavy atom. The maximum atomic E-state index is 13.0. The van der Waals surface area contributed by atoms with Crippen molar-refractivity contribution < 1.29 is 4.79 Å². The molecule has 0 bridgehead atoms. The average molecular weight is 357 g/mol. The van der Waals surface area contributed by atoms with Gasteiger partial charge in [-0.15, -0.1) is 0 Å². The summed E-state index contributed by atoms with van der Waals surface area (Å²) in [5.41, 5.74) is 2.50. The van der Waals surface area contributed by atoms with Crippen LogP contribution in [0.5, 0.6) is 0 Å². The second kappa shape index (κ2) is 7.37. The van der Waals surface area contributed by atoms with Gasteiger partial charge < -0.3 is 0 Å². The van der Waals surface area contributed by atoms with Crippen molar-refractivity contribution in [2.45, 2.75) is 0 Å². The molecule has 0 radical (unpaired) electrons. The molecule has 0 saturated carbocycles. The third kappa shape index (κ3) is 3.43. The van der Waals surface area contributed by atoms with E-state index in [1.165, 1.54) is 11.8 Å². The summed E-state index contributed by atoms with van der Waals surface area (Å²) in [5, 5.41) is 0.641. The Kier molecular flexibility index (Phi) is 4.62. The van der Waals surface area contributed by atoms with Gasteiger partial charge >= 0.3 is 0 Å². The smallest absolute Gasteiger partial charge is 0.268 e. The SMILES string of the molecule is O=C1C(=Cc2cccnc2)SC(=Nc2ccccc2)N1c1ccccc1. The predicted molar refractivity (Wildman–Crippen MR) is 107 cm³/mol. The zero-order valence-electron chi connectivity index (χ0n) is 13.8. The van der Waals surface area contributed by atoms with Gasteiger partial charge in [0.05, 0.1) is 16.3 Å². The highest BCUT2D eigenvalue weighted by Crippen LogP contribution is 2.37. The zero-order valence-corrected chi connectivity index (χ0v) is 14.6. The highest BCUT2D eigenvalue weighted by atomic mass is 32.2. The maximum Gasteiger partial charge on any atom is 0.271 e. The van der Waals surface area contributed by atoms with Crippen LogP contribution in [-0.2, 0) is 4.79 Å². The number of hydrogen-bond acceptors (Lipinski definition) is 4. The van der Waals surface area contributed by atoms with E-state index in [0.717, 1.165) is 16.9 Å². The van der Waals surface area contributed by atoms with Crippen molar-refractivity contribution in [3.63, 3.8) is 0 Å². The van der Waals surface area contributed by atoms with Crippen molar-refractivity contribution in [3.8, 4) is 0 Å². The van der Waals surface area contributed by atoms with E-state index in [1.807, 2.05) is 78.9 Å². The summed E-state index contributed by atoms with van der Waals surface area (Å²) in [7, 11) is 0. The van der Waals surface area contributed by atoms with Crippen LogP contribution < -0.4 is 4.90 Å². The van der Waals surface area contributed by atoms with E-state index in [1.54, 1.807) is 17.3 Å². The van der Waals surface area contributed by atoms with E-state index in [2.05, 4.69) is 9.98 Å². The van der Waals surface area contributed by atoms with Crippen LogP contribution in [-0.4, -0.2) is 16.1 Å². The van der Waals surface area contributed by atoms with Crippen LogP contribution in [0.15, 0.2) is 95.1 Å². The molecule has 0 spiro atoms. The fourth-order valence-electron chi connectivity index (χ4n) is 2.58. The molecule has 26 heavy (non-hydrogen) atoms. The Bertz CT molecular complexity index is 970. The molecule has 0 N–H and O–H groups in total. The van der Waals surface area contributed by atoms with Gasteiger partial charge in [-0.2, -0.15) is 0 Å². The first kappa shape index (κ1) is 16.3. The number of amides is 1. The number of carbonyl (C=O) groups excluding carboxylic acids is 1. The Morgan fingerprint density at radius 1 is 0.923 bits per heavy atom. The number of anilines is 1. The zero-order chi connectivity index (χ0) is 17.8. The van der Waals surface area contributed by atoms with E-state index < -0.39 is 0 Å². The molecule has 0 unspecified atom stereocenters. The van der Waals surface area contributed by atoms with Crippen LogP contribution in [0.1, 0.15) is 5.56 Å².